The fourth-order valence-corrected chi connectivity index (χ4v) is 4.72. The molecule has 3 N–H and O–H groups in total. The summed E-state index contributed by atoms with van der Waals surface area (Å²) in [5, 5.41) is 10.6. The van der Waals surface area contributed by atoms with Gasteiger partial charge in [0.15, 0.2) is 6.61 Å². The van der Waals surface area contributed by atoms with E-state index in [4.69, 9.17) is 15.2 Å². The number of nitrogens with two attached hydrogens (primary N) is 1. The number of nitrogens with zero attached hydrogens (tertiary/aromatic N) is 1. The number of aliphatic carboxylic acids is 1. The molecule has 0 aliphatic carbocycles. The number of carbonyl (C=O) groups excluding carboxylic acids is 1. The van der Waals surface area contributed by atoms with Crippen molar-refractivity contribution in [2.24, 2.45) is 5.73 Å². The van der Waals surface area contributed by atoms with Gasteiger partial charge < -0.3 is 24.9 Å². The molecule has 1 aromatic heterocycles. The minimum atomic E-state index is -1.08. The van der Waals surface area contributed by atoms with E-state index < -0.39 is 18.5 Å². The van der Waals surface area contributed by atoms with E-state index in [0.717, 1.165) is 27.9 Å². The first-order valence-corrected chi connectivity index (χ1v) is 12.4. The first-order chi connectivity index (χ1) is 18.3. The molecule has 0 bridgehead atoms. The second-order valence-corrected chi connectivity index (χ2v) is 9.46. The van der Waals surface area contributed by atoms with E-state index in [1.807, 2.05) is 66.7 Å². The summed E-state index contributed by atoms with van der Waals surface area (Å²) in [4.78, 5) is 23.8. The van der Waals surface area contributed by atoms with Crippen LogP contribution in [0.25, 0.3) is 21.8 Å². The third-order valence-corrected chi connectivity index (χ3v) is 6.48. The molecule has 5 rings (SSSR count). The molecular weight excluding hydrogens is 480 g/mol. The number of aromatic nitrogens is 1. The van der Waals surface area contributed by atoms with Crippen LogP contribution in [0, 0.1) is 0 Å². The molecule has 7 heteroatoms. The summed E-state index contributed by atoms with van der Waals surface area (Å²) in [6.45, 7) is 4.11. The molecule has 0 unspecified atom stereocenters. The van der Waals surface area contributed by atoms with E-state index in [2.05, 4.69) is 24.5 Å². The second-order valence-electron chi connectivity index (χ2n) is 9.46. The highest BCUT2D eigenvalue weighted by atomic mass is 16.5. The number of hydrogen-bond acceptors (Lipinski definition) is 4. The predicted molar refractivity (Wildman–Crippen MR) is 147 cm³/mol. The molecule has 0 spiro atoms. The lowest BCUT2D eigenvalue weighted by molar-refractivity contribution is -0.139. The number of para-hydroxylation sites is 1. The number of hydrogen-bond donors (Lipinski definition) is 2. The molecule has 0 saturated heterocycles. The fraction of sp³-hybridized carbons (Fsp3) is 0.161. The van der Waals surface area contributed by atoms with Crippen molar-refractivity contribution in [1.82, 2.24) is 4.57 Å². The minimum absolute atomic E-state index is 0.163. The number of primary amides is 1. The SMILES string of the molecule is CC(C)c1cc(OCC(=O)O)c2c3c(C(N)=O)cccc3n(Cc3cccc(Oc4ccccc4)c3)c2c1. The highest BCUT2D eigenvalue weighted by Crippen LogP contribution is 2.40. The molecule has 0 radical (unpaired) electrons. The standard InChI is InChI=1S/C31H28N2O5/c1-19(2)21-15-26-30(27(16-21)37-18-28(34)35)29-24(31(32)36)12-7-13-25(29)33(26)17-20-8-6-11-23(14-20)38-22-9-4-3-5-10-22/h3-16,19H,17-18H2,1-2H3,(H2,32,36)(H,34,35). The van der Waals surface area contributed by atoms with Crippen molar-refractivity contribution in [3.63, 3.8) is 0 Å². The highest BCUT2D eigenvalue weighted by molar-refractivity contribution is 6.20. The van der Waals surface area contributed by atoms with E-state index in [1.54, 1.807) is 12.1 Å². The zero-order chi connectivity index (χ0) is 26.8. The lowest BCUT2D eigenvalue weighted by atomic mass is 9.99. The zero-order valence-corrected chi connectivity index (χ0v) is 21.2. The van der Waals surface area contributed by atoms with Crippen molar-refractivity contribution < 1.29 is 24.2 Å². The molecule has 38 heavy (non-hydrogen) atoms. The lowest BCUT2D eigenvalue weighted by Crippen LogP contribution is -2.12. The molecule has 0 saturated carbocycles. The third kappa shape index (κ3) is 4.91. The number of ether oxygens (including phenoxy) is 2. The van der Waals surface area contributed by atoms with Crippen LogP contribution in [0.1, 0.15) is 41.3 Å². The number of fused-ring (bicyclic) bond motifs is 3. The van der Waals surface area contributed by atoms with Gasteiger partial charge in [-0.3, -0.25) is 4.79 Å². The van der Waals surface area contributed by atoms with Crippen molar-refractivity contribution in [1.29, 1.82) is 0 Å². The number of carboxylic acids is 1. The summed E-state index contributed by atoms with van der Waals surface area (Å²) in [5.74, 6) is 0.380. The van der Waals surface area contributed by atoms with E-state index in [1.165, 1.54) is 0 Å². The van der Waals surface area contributed by atoms with E-state index >= 15 is 0 Å². The molecule has 5 aromatic rings. The number of carboxylic acid groups (broad SMARTS) is 1. The summed E-state index contributed by atoms with van der Waals surface area (Å²) in [7, 11) is 0. The molecule has 0 atom stereocenters. The Kier molecular flexibility index (Phi) is 6.75. The van der Waals surface area contributed by atoms with Crippen LogP contribution in [0.15, 0.2) is 84.9 Å². The van der Waals surface area contributed by atoms with Gasteiger partial charge >= 0.3 is 5.97 Å². The molecule has 0 fully saturated rings. The van der Waals surface area contributed by atoms with Crippen molar-refractivity contribution in [2.45, 2.75) is 26.3 Å². The van der Waals surface area contributed by atoms with Gasteiger partial charge in [0.05, 0.1) is 16.4 Å². The number of rotatable bonds is 9. The third-order valence-electron chi connectivity index (χ3n) is 6.48. The van der Waals surface area contributed by atoms with Gasteiger partial charge in [-0.15, -0.1) is 0 Å². The average molecular weight is 509 g/mol. The van der Waals surface area contributed by atoms with Gasteiger partial charge in [-0.2, -0.15) is 0 Å². The Hall–Kier alpha value is -4.78. The van der Waals surface area contributed by atoms with Crippen molar-refractivity contribution in [2.75, 3.05) is 6.61 Å². The van der Waals surface area contributed by atoms with E-state index in [-0.39, 0.29) is 5.92 Å². The first-order valence-electron chi connectivity index (χ1n) is 12.4. The van der Waals surface area contributed by atoms with E-state index in [0.29, 0.717) is 34.4 Å². The van der Waals surface area contributed by atoms with Crippen molar-refractivity contribution >= 4 is 33.7 Å². The highest BCUT2D eigenvalue weighted by Gasteiger charge is 2.22. The number of benzene rings is 4. The Labute approximate surface area is 220 Å². The van der Waals surface area contributed by atoms with Crippen LogP contribution in [0.2, 0.25) is 0 Å². The summed E-state index contributed by atoms with van der Waals surface area (Å²) in [6, 6.07) is 26.8. The van der Waals surface area contributed by atoms with Gasteiger partial charge in [0.2, 0.25) is 5.91 Å². The van der Waals surface area contributed by atoms with E-state index in [9.17, 15) is 14.7 Å². The number of carbonyl (C=O) groups is 2. The summed E-state index contributed by atoms with van der Waals surface area (Å²) in [6.07, 6.45) is 0. The van der Waals surface area contributed by atoms with Crippen LogP contribution in [0.3, 0.4) is 0 Å². The monoisotopic (exact) mass is 508 g/mol. The van der Waals surface area contributed by atoms with Crippen LogP contribution < -0.4 is 15.2 Å². The van der Waals surface area contributed by atoms with Gasteiger partial charge in [-0.25, -0.2) is 4.79 Å². The second kappa shape index (κ2) is 10.3. The van der Waals surface area contributed by atoms with Crippen molar-refractivity contribution in [3.05, 3.63) is 102 Å². The Bertz CT molecular complexity index is 1650. The quantitative estimate of drug-likeness (QED) is 0.242. The molecule has 4 aromatic carbocycles. The summed E-state index contributed by atoms with van der Waals surface area (Å²) < 4.78 is 13.9. The Morgan fingerprint density at radius 3 is 2.32 bits per heavy atom. The predicted octanol–water partition coefficient (Wildman–Crippen LogP) is 6.32. The number of amides is 1. The van der Waals surface area contributed by atoms with Crippen LogP contribution in [-0.4, -0.2) is 28.2 Å². The maximum Gasteiger partial charge on any atom is 0.341 e. The molecule has 1 amide bonds. The largest absolute Gasteiger partial charge is 0.481 e. The smallest absolute Gasteiger partial charge is 0.341 e. The Morgan fingerprint density at radius 2 is 1.61 bits per heavy atom. The van der Waals surface area contributed by atoms with Crippen LogP contribution >= 0.6 is 0 Å². The average Bonchev–Trinajstić information content (AvgIpc) is 3.21. The van der Waals surface area contributed by atoms with Gasteiger partial charge in [-0.1, -0.05) is 50.2 Å². The van der Waals surface area contributed by atoms with Gasteiger partial charge in [0.1, 0.15) is 17.2 Å². The molecule has 0 aliphatic rings. The maximum atomic E-state index is 12.5. The molecular formula is C31H28N2O5. The van der Waals surface area contributed by atoms with Crippen LogP contribution in [0.4, 0.5) is 0 Å². The summed E-state index contributed by atoms with van der Waals surface area (Å²) in [5.41, 5.74) is 9.73. The lowest BCUT2D eigenvalue weighted by Gasteiger charge is -2.14. The molecule has 1 heterocycles. The fourth-order valence-electron chi connectivity index (χ4n) is 4.72. The normalized spacial score (nSPS) is 11.2. The molecule has 0 aliphatic heterocycles. The Balaban J connectivity index is 1.70. The van der Waals surface area contributed by atoms with Crippen molar-refractivity contribution in [3.8, 4) is 17.2 Å². The van der Waals surface area contributed by atoms with Gasteiger partial charge in [0, 0.05) is 17.5 Å². The topological polar surface area (TPSA) is 104 Å². The van der Waals surface area contributed by atoms with Gasteiger partial charge in [0.25, 0.3) is 0 Å². The van der Waals surface area contributed by atoms with Crippen LogP contribution in [-0.2, 0) is 11.3 Å². The molecule has 7 nitrogen and oxygen atoms in total. The minimum Gasteiger partial charge on any atom is -0.481 e. The van der Waals surface area contributed by atoms with Gasteiger partial charge in [-0.05, 0) is 65.6 Å². The molecule has 192 valence electrons. The zero-order valence-electron chi connectivity index (χ0n) is 21.2. The first kappa shape index (κ1) is 24.9. The van der Waals surface area contributed by atoms with Crippen LogP contribution in [0.5, 0.6) is 17.2 Å². The maximum absolute atomic E-state index is 12.5. The Morgan fingerprint density at radius 1 is 0.868 bits per heavy atom. The summed E-state index contributed by atoms with van der Waals surface area (Å²) >= 11 is 0.